The molecule has 3 rings (SSSR count). The van der Waals surface area contributed by atoms with Gasteiger partial charge in [-0.3, -0.25) is 4.79 Å². The SMILES string of the molecule is O=C(c1cccc(F)c1F)N(CC1CC1)CC1CCCN1. The molecule has 1 unspecified atom stereocenters. The molecule has 0 radical (unpaired) electrons. The third-order valence-electron chi connectivity index (χ3n) is 4.25. The van der Waals surface area contributed by atoms with E-state index in [0.29, 0.717) is 19.0 Å². The van der Waals surface area contributed by atoms with E-state index in [9.17, 15) is 13.6 Å². The van der Waals surface area contributed by atoms with Crippen molar-refractivity contribution < 1.29 is 13.6 Å². The molecule has 1 saturated carbocycles. The van der Waals surface area contributed by atoms with Crippen LogP contribution in [-0.2, 0) is 0 Å². The summed E-state index contributed by atoms with van der Waals surface area (Å²) in [6.45, 7) is 2.18. The number of carbonyl (C=O) groups excluding carboxylic acids is 1. The van der Waals surface area contributed by atoms with Crippen LogP contribution in [0, 0.1) is 17.6 Å². The van der Waals surface area contributed by atoms with E-state index in [1.165, 1.54) is 12.1 Å². The van der Waals surface area contributed by atoms with Gasteiger partial charge in [0.05, 0.1) is 5.56 Å². The smallest absolute Gasteiger partial charge is 0.257 e. The monoisotopic (exact) mass is 294 g/mol. The Morgan fingerprint density at radius 1 is 1.24 bits per heavy atom. The average Bonchev–Trinajstić information content (AvgIpc) is 3.14. The van der Waals surface area contributed by atoms with E-state index in [1.807, 2.05) is 0 Å². The van der Waals surface area contributed by atoms with Crippen molar-refractivity contribution in [2.24, 2.45) is 5.92 Å². The number of benzene rings is 1. The number of amides is 1. The van der Waals surface area contributed by atoms with Gasteiger partial charge in [0.1, 0.15) is 0 Å². The van der Waals surface area contributed by atoms with Crippen LogP contribution in [0.4, 0.5) is 8.78 Å². The highest BCUT2D eigenvalue weighted by Gasteiger charge is 2.30. The Bertz CT molecular complexity index is 525. The second kappa shape index (κ2) is 6.10. The van der Waals surface area contributed by atoms with Gasteiger partial charge in [-0.2, -0.15) is 0 Å². The van der Waals surface area contributed by atoms with Crippen LogP contribution in [0.15, 0.2) is 18.2 Å². The second-order valence-electron chi connectivity index (χ2n) is 6.05. The maximum absolute atomic E-state index is 13.8. The molecule has 1 atom stereocenters. The van der Waals surface area contributed by atoms with E-state index >= 15 is 0 Å². The van der Waals surface area contributed by atoms with Crippen molar-refractivity contribution in [3.05, 3.63) is 35.4 Å². The minimum absolute atomic E-state index is 0.159. The summed E-state index contributed by atoms with van der Waals surface area (Å²) in [5, 5.41) is 3.35. The molecule has 1 aliphatic carbocycles. The molecule has 1 saturated heterocycles. The van der Waals surface area contributed by atoms with Gasteiger partial charge in [0.2, 0.25) is 0 Å². The van der Waals surface area contributed by atoms with Crippen LogP contribution >= 0.6 is 0 Å². The summed E-state index contributed by atoms with van der Waals surface area (Å²) in [7, 11) is 0. The second-order valence-corrected chi connectivity index (χ2v) is 6.05. The van der Waals surface area contributed by atoms with Crippen molar-refractivity contribution in [3.8, 4) is 0 Å². The highest BCUT2D eigenvalue weighted by atomic mass is 19.2. The van der Waals surface area contributed by atoms with Crippen LogP contribution < -0.4 is 5.32 Å². The highest BCUT2D eigenvalue weighted by Crippen LogP contribution is 2.30. The predicted molar refractivity (Wildman–Crippen MR) is 76.0 cm³/mol. The molecule has 1 aromatic carbocycles. The summed E-state index contributed by atoms with van der Waals surface area (Å²) < 4.78 is 27.2. The number of hydrogen-bond donors (Lipinski definition) is 1. The van der Waals surface area contributed by atoms with E-state index < -0.39 is 17.5 Å². The largest absolute Gasteiger partial charge is 0.337 e. The topological polar surface area (TPSA) is 32.3 Å². The minimum Gasteiger partial charge on any atom is -0.337 e. The van der Waals surface area contributed by atoms with Gasteiger partial charge in [-0.25, -0.2) is 8.78 Å². The van der Waals surface area contributed by atoms with Gasteiger partial charge in [0.25, 0.3) is 5.91 Å². The predicted octanol–water partition coefficient (Wildman–Crippen LogP) is 2.57. The van der Waals surface area contributed by atoms with Gasteiger partial charge in [-0.05, 0) is 50.3 Å². The Kier molecular flexibility index (Phi) is 4.19. The fourth-order valence-corrected chi connectivity index (χ4v) is 2.87. The van der Waals surface area contributed by atoms with E-state index in [0.717, 1.165) is 38.3 Å². The van der Waals surface area contributed by atoms with Crippen molar-refractivity contribution >= 4 is 5.91 Å². The standard InChI is InChI=1S/C16H20F2N2O/c17-14-5-1-4-13(15(14)18)16(21)20(9-11-6-7-11)10-12-3-2-8-19-12/h1,4-5,11-12,19H,2-3,6-10H2. The fraction of sp³-hybridized carbons (Fsp3) is 0.562. The van der Waals surface area contributed by atoms with Crippen molar-refractivity contribution in [3.63, 3.8) is 0 Å². The van der Waals surface area contributed by atoms with E-state index in [-0.39, 0.29) is 11.6 Å². The molecular formula is C16H20F2N2O. The summed E-state index contributed by atoms with van der Waals surface area (Å²) in [6, 6.07) is 4.05. The summed E-state index contributed by atoms with van der Waals surface area (Å²) in [4.78, 5) is 14.3. The summed E-state index contributed by atoms with van der Waals surface area (Å²) in [5.41, 5.74) is -0.159. The van der Waals surface area contributed by atoms with Crippen LogP contribution in [0.3, 0.4) is 0 Å². The number of carbonyl (C=O) groups is 1. The molecule has 1 N–H and O–H groups in total. The number of nitrogens with zero attached hydrogens (tertiary/aromatic N) is 1. The molecule has 2 fully saturated rings. The zero-order chi connectivity index (χ0) is 14.8. The van der Waals surface area contributed by atoms with Gasteiger partial charge in [0.15, 0.2) is 11.6 Å². The molecule has 1 amide bonds. The quantitative estimate of drug-likeness (QED) is 0.905. The first-order valence-electron chi connectivity index (χ1n) is 7.62. The molecule has 2 aliphatic rings. The maximum Gasteiger partial charge on any atom is 0.257 e. The Labute approximate surface area is 123 Å². The van der Waals surface area contributed by atoms with E-state index in [1.54, 1.807) is 4.90 Å². The summed E-state index contributed by atoms with van der Waals surface area (Å²) in [6.07, 6.45) is 4.37. The van der Waals surface area contributed by atoms with Crippen molar-refractivity contribution in [2.45, 2.75) is 31.7 Å². The van der Waals surface area contributed by atoms with Crippen LogP contribution in [0.25, 0.3) is 0 Å². The van der Waals surface area contributed by atoms with Gasteiger partial charge in [-0.1, -0.05) is 6.07 Å². The Balaban J connectivity index is 1.76. The third-order valence-corrected chi connectivity index (χ3v) is 4.25. The molecule has 0 spiro atoms. The van der Waals surface area contributed by atoms with Gasteiger partial charge < -0.3 is 10.2 Å². The van der Waals surface area contributed by atoms with Gasteiger partial charge >= 0.3 is 0 Å². The van der Waals surface area contributed by atoms with E-state index in [2.05, 4.69) is 5.32 Å². The van der Waals surface area contributed by atoms with Crippen molar-refractivity contribution in [1.82, 2.24) is 10.2 Å². The number of halogens is 2. The first kappa shape index (κ1) is 14.4. The normalized spacial score (nSPS) is 21.5. The minimum atomic E-state index is -1.04. The lowest BCUT2D eigenvalue weighted by Crippen LogP contribution is -2.42. The van der Waals surface area contributed by atoms with Gasteiger partial charge in [0, 0.05) is 19.1 Å². The summed E-state index contributed by atoms with van der Waals surface area (Å²) in [5.74, 6) is -1.88. The van der Waals surface area contributed by atoms with Crippen LogP contribution in [0.5, 0.6) is 0 Å². The molecule has 5 heteroatoms. The average molecular weight is 294 g/mol. The van der Waals surface area contributed by atoms with Gasteiger partial charge in [-0.15, -0.1) is 0 Å². The number of rotatable bonds is 5. The molecule has 1 aliphatic heterocycles. The van der Waals surface area contributed by atoms with Crippen LogP contribution in [-0.4, -0.2) is 36.5 Å². The molecule has 0 aromatic heterocycles. The maximum atomic E-state index is 13.8. The highest BCUT2D eigenvalue weighted by molar-refractivity contribution is 5.94. The Morgan fingerprint density at radius 2 is 2.05 bits per heavy atom. The molecule has 1 aromatic rings. The number of nitrogens with one attached hydrogen (secondary N) is 1. The Morgan fingerprint density at radius 3 is 2.71 bits per heavy atom. The molecular weight excluding hydrogens is 274 g/mol. The molecule has 3 nitrogen and oxygen atoms in total. The lowest BCUT2D eigenvalue weighted by molar-refractivity contribution is 0.0727. The van der Waals surface area contributed by atoms with Crippen molar-refractivity contribution in [2.75, 3.05) is 19.6 Å². The molecule has 1 heterocycles. The molecule has 21 heavy (non-hydrogen) atoms. The number of hydrogen-bond acceptors (Lipinski definition) is 2. The van der Waals surface area contributed by atoms with Crippen molar-refractivity contribution in [1.29, 1.82) is 0 Å². The first-order chi connectivity index (χ1) is 10.1. The third kappa shape index (κ3) is 3.40. The van der Waals surface area contributed by atoms with Crippen LogP contribution in [0.2, 0.25) is 0 Å². The zero-order valence-corrected chi connectivity index (χ0v) is 11.9. The summed E-state index contributed by atoms with van der Waals surface area (Å²) >= 11 is 0. The zero-order valence-electron chi connectivity index (χ0n) is 11.9. The molecule has 0 bridgehead atoms. The lowest BCUT2D eigenvalue weighted by atomic mass is 10.1. The Hall–Kier alpha value is -1.49. The van der Waals surface area contributed by atoms with Crippen LogP contribution in [0.1, 0.15) is 36.0 Å². The lowest BCUT2D eigenvalue weighted by Gasteiger charge is -2.26. The van der Waals surface area contributed by atoms with E-state index in [4.69, 9.17) is 0 Å². The molecule has 114 valence electrons. The first-order valence-corrected chi connectivity index (χ1v) is 7.62. The fourth-order valence-electron chi connectivity index (χ4n) is 2.87.